The van der Waals surface area contributed by atoms with Gasteiger partial charge in [0.1, 0.15) is 6.04 Å². The van der Waals surface area contributed by atoms with Crippen molar-refractivity contribution in [2.45, 2.75) is 12.2 Å². The standard InChI is InChI=1S/C18H11F3N2O/c19-18(20,21)15-8-4-3-7-14(15)17(24)23-10-9-12-5-1-2-6-13(12)16(23)11-22/h1-10,16H. The number of hydrogen-bond acceptors (Lipinski definition) is 2. The van der Waals surface area contributed by atoms with Crippen molar-refractivity contribution in [1.29, 1.82) is 5.26 Å². The number of nitriles is 1. The number of halogens is 3. The first-order chi connectivity index (χ1) is 11.4. The third-order valence-electron chi connectivity index (χ3n) is 3.80. The first-order valence-electron chi connectivity index (χ1n) is 7.09. The van der Waals surface area contributed by atoms with Crippen LogP contribution in [0.3, 0.4) is 0 Å². The van der Waals surface area contributed by atoms with Gasteiger partial charge in [-0.1, -0.05) is 36.4 Å². The molecule has 6 heteroatoms. The highest BCUT2D eigenvalue weighted by Crippen LogP contribution is 2.35. The van der Waals surface area contributed by atoms with Crippen LogP contribution >= 0.6 is 0 Å². The number of nitrogens with zero attached hydrogens (tertiary/aromatic N) is 2. The third kappa shape index (κ3) is 2.65. The smallest absolute Gasteiger partial charge is 0.294 e. The summed E-state index contributed by atoms with van der Waals surface area (Å²) >= 11 is 0. The van der Waals surface area contributed by atoms with Crippen molar-refractivity contribution >= 4 is 12.0 Å². The zero-order chi connectivity index (χ0) is 17.3. The molecule has 1 amide bonds. The minimum Gasteiger partial charge on any atom is -0.294 e. The van der Waals surface area contributed by atoms with Gasteiger partial charge in [-0.2, -0.15) is 18.4 Å². The Kier molecular flexibility index (Phi) is 3.86. The monoisotopic (exact) mass is 328 g/mol. The van der Waals surface area contributed by atoms with Crippen LogP contribution in [0.25, 0.3) is 6.08 Å². The van der Waals surface area contributed by atoms with Crippen LogP contribution in [-0.4, -0.2) is 10.8 Å². The summed E-state index contributed by atoms with van der Waals surface area (Å²) in [6, 6.07) is 12.6. The van der Waals surface area contributed by atoms with Crippen LogP contribution in [0.5, 0.6) is 0 Å². The van der Waals surface area contributed by atoms with Crippen molar-refractivity contribution in [2.24, 2.45) is 0 Å². The summed E-state index contributed by atoms with van der Waals surface area (Å²) in [5, 5.41) is 9.43. The molecule has 2 aromatic rings. The lowest BCUT2D eigenvalue weighted by Gasteiger charge is -2.29. The van der Waals surface area contributed by atoms with Crippen LogP contribution in [0, 0.1) is 11.3 Å². The Morgan fingerprint density at radius 2 is 1.75 bits per heavy atom. The summed E-state index contributed by atoms with van der Waals surface area (Å²) in [4.78, 5) is 13.7. The first kappa shape index (κ1) is 15.8. The van der Waals surface area contributed by atoms with E-state index < -0.39 is 29.3 Å². The molecule has 0 N–H and O–H groups in total. The molecule has 120 valence electrons. The van der Waals surface area contributed by atoms with Crippen molar-refractivity contribution in [3.8, 4) is 6.07 Å². The number of carbonyl (C=O) groups excluding carboxylic acids is 1. The lowest BCUT2D eigenvalue weighted by atomic mass is 9.95. The molecule has 0 bridgehead atoms. The Hall–Kier alpha value is -3.07. The van der Waals surface area contributed by atoms with E-state index in [2.05, 4.69) is 0 Å². The van der Waals surface area contributed by atoms with Crippen molar-refractivity contribution < 1.29 is 18.0 Å². The van der Waals surface area contributed by atoms with Gasteiger partial charge >= 0.3 is 6.18 Å². The van der Waals surface area contributed by atoms with E-state index in [0.29, 0.717) is 5.56 Å². The van der Waals surface area contributed by atoms with Crippen LogP contribution < -0.4 is 0 Å². The second-order valence-corrected chi connectivity index (χ2v) is 5.23. The Morgan fingerprint density at radius 1 is 1.08 bits per heavy atom. The molecule has 1 unspecified atom stereocenters. The summed E-state index contributed by atoms with van der Waals surface area (Å²) in [7, 11) is 0. The van der Waals surface area contributed by atoms with Crippen LogP contribution in [0.2, 0.25) is 0 Å². The molecule has 0 fully saturated rings. The van der Waals surface area contributed by atoms with E-state index in [9.17, 15) is 23.2 Å². The molecule has 2 aromatic carbocycles. The molecule has 24 heavy (non-hydrogen) atoms. The number of carbonyl (C=O) groups is 1. The quantitative estimate of drug-likeness (QED) is 0.779. The molecule has 1 aliphatic rings. The van der Waals surface area contributed by atoms with Gasteiger partial charge in [0, 0.05) is 6.20 Å². The molecule has 0 saturated heterocycles. The average Bonchev–Trinajstić information content (AvgIpc) is 2.59. The van der Waals surface area contributed by atoms with E-state index >= 15 is 0 Å². The molecule has 0 aromatic heterocycles. The molecule has 1 atom stereocenters. The van der Waals surface area contributed by atoms with Crippen LogP contribution in [0.4, 0.5) is 13.2 Å². The van der Waals surface area contributed by atoms with Crippen molar-refractivity contribution in [3.63, 3.8) is 0 Å². The highest BCUT2D eigenvalue weighted by molar-refractivity contribution is 5.97. The number of alkyl halides is 3. The Morgan fingerprint density at radius 3 is 2.46 bits per heavy atom. The van der Waals surface area contributed by atoms with Gasteiger partial charge in [0.25, 0.3) is 5.91 Å². The average molecular weight is 328 g/mol. The summed E-state index contributed by atoms with van der Waals surface area (Å²) in [6.07, 6.45) is -1.69. The van der Waals surface area contributed by atoms with Crippen molar-refractivity contribution in [1.82, 2.24) is 4.90 Å². The van der Waals surface area contributed by atoms with Gasteiger partial charge < -0.3 is 0 Å². The van der Waals surface area contributed by atoms with Crippen LogP contribution in [0.15, 0.2) is 54.7 Å². The number of benzene rings is 2. The van der Waals surface area contributed by atoms with Crippen LogP contribution in [0.1, 0.15) is 33.1 Å². The lowest BCUT2D eigenvalue weighted by Crippen LogP contribution is -2.33. The molecule has 3 nitrogen and oxygen atoms in total. The van der Waals surface area contributed by atoms with Gasteiger partial charge in [0.2, 0.25) is 0 Å². The molecule has 1 aliphatic heterocycles. The number of rotatable bonds is 1. The van der Waals surface area contributed by atoms with Gasteiger partial charge in [-0.05, 0) is 29.3 Å². The SMILES string of the molecule is N#CC1c2ccccc2C=CN1C(=O)c1ccccc1C(F)(F)F. The minimum atomic E-state index is -4.65. The molecule has 3 rings (SSSR count). The van der Waals surface area contributed by atoms with E-state index in [1.165, 1.54) is 18.3 Å². The van der Waals surface area contributed by atoms with Crippen molar-refractivity contribution in [3.05, 3.63) is 77.0 Å². The molecule has 1 heterocycles. The largest absolute Gasteiger partial charge is 0.417 e. The van der Waals surface area contributed by atoms with E-state index in [-0.39, 0.29) is 0 Å². The fourth-order valence-corrected chi connectivity index (χ4v) is 2.68. The highest BCUT2D eigenvalue weighted by Gasteiger charge is 2.37. The normalized spacial score (nSPS) is 16.4. The Labute approximate surface area is 136 Å². The molecule has 0 aliphatic carbocycles. The lowest BCUT2D eigenvalue weighted by molar-refractivity contribution is -0.138. The summed E-state index contributed by atoms with van der Waals surface area (Å²) in [5.41, 5.74) is -0.147. The predicted octanol–water partition coefficient (Wildman–Crippen LogP) is 4.40. The van der Waals surface area contributed by atoms with Gasteiger partial charge in [0.05, 0.1) is 17.2 Å². The van der Waals surface area contributed by atoms with Crippen molar-refractivity contribution in [2.75, 3.05) is 0 Å². The molecule has 0 saturated carbocycles. The van der Waals surface area contributed by atoms with E-state index in [4.69, 9.17) is 0 Å². The second kappa shape index (κ2) is 5.85. The fraction of sp³-hybridized carbons (Fsp3) is 0.111. The molecular formula is C18H11F3N2O. The Balaban J connectivity index is 2.05. The number of hydrogen-bond donors (Lipinski definition) is 0. The van der Waals surface area contributed by atoms with Gasteiger partial charge in [-0.15, -0.1) is 0 Å². The molecular weight excluding hydrogens is 317 g/mol. The topological polar surface area (TPSA) is 44.1 Å². The molecule has 0 radical (unpaired) electrons. The predicted molar refractivity (Wildman–Crippen MR) is 81.4 cm³/mol. The van der Waals surface area contributed by atoms with E-state index in [1.807, 2.05) is 6.07 Å². The molecule has 0 spiro atoms. The minimum absolute atomic E-state index is 0.478. The maximum atomic E-state index is 13.1. The van der Waals surface area contributed by atoms with E-state index in [0.717, 1.165) is 22.6 Å². The third-order valence-corrected chi connectivity index (χ3v) is 3.80. The van der Waals surface area contributed by atoms with Crippen LogP contribution in [-0.2, 0) is 6.18 Å². The van der Waals surface area contributed by atoms with E-state index in [1.54, 1.807) is 30.3 Å². The second-order valence-electron chi connectivity index (χ2n) is 5.23. The van der Waals surface area contributed by atoms with Gasteiger partial charge in [-0.3, -0.25) is 9.69 Å². The summed E-state index contributed by atoms with van der Waals surface area (Å²) < 4.78 is 39.4. The maximum absolute atomic E-state index is 13.1. The summed E-state index contributed by atoms with van der Waals surface area (Å²) in [5.74, 6) is -0.861. The number of fused-ring (bicyclic) bond motifs is 1. The maximum Gasteiger partial charge on any atom is 0.417 e. The number of amides is 1. The zero-order valence-electron chi connectivity index (χ0n) is 12.3. The first-order valence-corrected chi connectivity index (χ1v) is 7.09. The van der Waals surface area contributed by atoms with Gasteiger partial charge in [0.15, 0.2) is 0 Å². The fourth-order valence-electron chi connectivity index (χ4n) is 2.68. The zero-order valence-corrected chi connectivity index (χ0v) is 12.3. The highest BCUT2D eigenvalue weighted by atomic mass is 19.4. The van der Waals surface area contributed by atoms with Gasteiger partial charge in [-0.25, -0.2) is 0 Å². The summed E-state index contributed by atoms with van der Waals surface area (Å²) in [6.45, 7) is 0. The Bertz CT molecular complexity index is 865.